The van der Waals surface area contributed by atoms with Crippen molar-refractivity contribution in [3.63, 3.8) is 0 Å². The molecular formula is C13H8Br3N5. The largest absolute Gasteiger partial charge is 0.399 e. The number of halogens is 3. The fourth-order valence-electron chi connectivity index (χ4n) is 1.89. The number of hydrogen-bond acceptors (Lipinski definition) is 4. The van der Waals surface area contributed by atoms with Crippen molar-refractivity contribution < 1.29 is 0 Å². The third-order valence-electron chi connectivity index (χ3n) is 2.83. The average molecular weight is 474 g/mol. The van der Waals surface area contributed by atoms with Gasteiger partial charge >= 0.3 is 0 Å². The molecule has 0 radical (unpaired) electrons. The normalized spacial score (nSPS) is 10.8. The Bertz CT molecular complexity index is 775. The van der Waals surface area contributed by atoms with Crippen LogP contribution in [0.25, 0.3) is 17.1 Å². The van der Waals surface area contributed by atoms with Crippen LogP contribution in [0.4, 0.5) is 5.69 Å². The predicted octanol–water partition coefficient (Wildman–Crippen LogP) is 4.20. The minimum atomic E-state index is 0.638. The van der Waals surface area contributed by atoms with Crippen molar-refractivity contribution in [3.05, 3.63) is 49.8 Å². The van der Waals surface area contributed by atoms with Crippen molar-refractivity contribution >= 4 is 53.5 Å². The standard InChI is InChI=1S/C13H8Br3N5/c14-8-5-10(15)12(11(16)6-8)21-13(18-19-20-21)7-1-3-9(17)4-2-7/h1-6H,17H2. The number of anilines is 1. The second-order valence-electron chi connectivity index (χ2n) is 4.25. The Labute approximate surface area is 145 Å². The van der Waals surface area contributed by atoms with E-state index < -0.39 is 0 Å². The van der Waals surface area contributed by atoms with Crippen molar-refractivity contribution in [2.75, 3.05) is 5.73 Å². The van der Waals surface area contributed by atoms with Gasteiger partial charge in [-0.25, -0.2) is 0 Å². The Kier molecular flexibility index (Phi) is 4.10. The lowest BCUT2D eigenvalue weighted by Crippen LogP contribution is -2.02. The van der Waals surface area contributed by atoms with Crippen LogP contribution in [-0.4, -0.2) is 20.2 Å². The molecule has 0 saturated heterocycles. The fraction of sp³-hybridized carbons (Fsp3) is 0. The Hall–Kier alpha value is -1.25. The highest BCUT2D eigenvalue weighted by molar-refractivity contribution is 9.11. The molecule has 3 rings (SSSR count). The van der Waals surface area contributed by atoms with E-state index in [1.807, 2.05) is 36.4 Å². The molecule has 1 aromatic heterocycles. The van der Waals surface area contributed by atoms with Gasteiger partial charge in [0, 0.05) is 24.7 Å². The summed E-state index contributed by atoms with van der Waals surface area (Å²) in [7, 11) is 0. The van der Waals surface area contributed by atoms with Crippen LogP contribution < -0.4 is 5.73 Å². The van der Waals surface area contributed by atoms with Crippen LogP contribution in [0.15, 0.2) is 49.8 Å². The number of hydrogen-bond donors (Lipinski definition) is 1. The van der Waals surface area contributed by atoms with Gasteiger partial charge in [-0.1, -0.05) is 15.9 Å². The molecule has 0 bridgehead atoms. The molecule has 0 fully saturated rings. The minimum absolute atomic E-state index is 0.638. The molecule has 106 valence electrons. The highest BCUT2D eigenvalue weighted by Crippen LogP contribution is 2.34. The Morgan fingerprint density at radius 1 is 0.952 bits per heavy atom. The first kappa shape index (κ1) is 14.7. The topological polar surface area (TPSA) is 69.6 Å². The fourth-order valence-corrected chi connectivity index (χ4v) is 4.48. The Morgan fingerprint density at radius 3 is 2.19 bits per heavy atom. The predicted molar refractivity (Wildman–Crippen MR) is 92.1 cm³/mol. The molecule has 0 aliphatic rings. The van der Waals surface area contributed by atoms with Crippen LogP contribution in [0, 0.1) is 0 Å². The number of aromatic nitrogens is 4. The Morgan fingerprint density at radius 2 is 1.57 bits per heavy atom. The van der Waals surface area contributed by atoms with Gasteiger partial charge in [-0.2, -0.15) is 4.68 Å². The summed E-state index contributed by atoms with van der Waals surface area (Å²) in [5.41, 5.74) is 8.13. The molecular weight excluding hydrogens is 466 g/mol. The molecule has 0 aliphatic carbocycles. The molecule has 5 nitrogen and oxygen atoms in total. The maximum absolute atomic E-state index is 5.72. The Balaban J connectivity index is 2.18. The summed E-state index contributed by atoms with van der Waals surface area (Å²) >= 11 is 10.5. The van der Waals surface area contributed by atoms with E-state index in [9.17, 15) is 0 Å². The molecule has 0 amide bonds. The van der Waals surface area contributed by atoms with Gasteiger partial charge in [0.15, 0.2) is 5.82 Å². The summed E-state index contributed by atoms with van der Waals surface area (Å²) < 4.78 is 4.36. The van der Waals surface area contributed by atoms with Gasteiger partial charge in [-0.05, 0) is 78.7 Å². The van der Waals surface area contributed by atoms with Crippen molar-refractivity contribution in [1.82, 2.24) is 20.2 Å². The van der Waals surface area contributed by atoms with Gasteiger partial charge < -0.3 is 5.73 Å². The lowest BCUT2D eigenvalue weighted by atomic mass is 10.2. The van der Waals surface area contributed by atoms with Crippen LogP contribution >= 0.6 is 47.8 Å². The van der Waals surface area contributed by atoms with Gasteiger partial charge in [-0.15, -0.1) is 5.10 Å². The summed E-state index contributed by atoms with van der Waals surface area (Å²) in [6, 6.07) is 11.3. The molecule has 8 heteroatoms. The zero-order valence-corrected chi connectivity index (χ0v) is 15.2. The second-order valence-corrected chi connectivity index (χ2v) is 6.88. The smallest absolute Gasteiger partial charge is 0.187 e. The molecule has 0 unspecified atom stereocenters. The lowest BCUT2D eigenvalue weighted by molar-refractivity contribution is 0.786. The quantitative estimate of drug-likeness (QED) is 0.566. The number of nitrogens with two attached hydrogens (primary N) is 1. The third kappa shape index (κ3) is 2.88. The van der Waals surface area contributed by atoms with Crippen LogP contribution in [0.1, 0.15) is 0 Å². The van der Waals surface area contributed by atoms with Crippen LogP contribution in [0.3, 0.4) is 0 Å². The number of nitrogen functional groups attached to an aromatic ring is 1. The summed E-state index contributed by atoms with van der Waals surface area (Å²) in [5.74, 6) is 0.638. The lowest BCUT2D eigenvalue weighted by Gasteiger charge is -2.10. The first-order valence-electron chi connectivity index (χ1n) is 5.85. The van der Waals surface area contributed by atoms with Crippen LogP contribution in [-0.2, 0) is 0 Å². The van der Waals surface area contributed by atoms with E-state index in [0.717, 1.165) is 24.7 Å². The molecule has 1 heterocycles. The summed E-state index contributed by atoms with van der Waals surface area (Å²) in [6.45, 7) is 0. The van der Waals surface area contributed by atoms with E-state index in [2.05, 4.69) is 63.3 Å². The summed E-state index contributed by atoms with van der Waals surface area (Å²) in [5, 5.41) is 12.0. The number of tetrazole rings is 1. The molecule has 0 saturated carbocycles. The molecule has 21 heavy (non-hydrogen) atoms. The third-order valence-corrected chi connectivity index (χ3v) is 4.50. The minimum Gasteiger partial charge on any atom is -0.399 e. The van der Waals surface area contributed by atoms with Crippen LogP contribution in [0.5, 0.6) is 0 Å². The van der Waals surface area contributed by atoms with E-state index in [-0.39, 0.29) is 0 Å². The van der Waals surface area contributed by atoms with E-state index in [0.29, 0.717) is 11.5 Å². The molecule has 0 aliphatic heterocycles. The van der Waals surface area contributed by atoms with Gasteiger partial charge in [-0.3, -0.25) is 0 Å². The second kappa shape index (κ2) is 5.86. The van der Waals surface area contributed by atoms with Crippen molar-refractivity contribution in [2.45, 2.75) is 0 Å². The summed E-state index contributed by atoms with van der Waals surface area (Å²) in [4.78, 5) is 0. The van der Waals surface area contributed by atoms with Crippen molar-refractivity contribution in [3.8, 4) is 17.1 Å². The first-order chi connectivity index (χ1) is 10.1. The van der Waals surface area contributed by atoms with E-state index in [1.54, 1.807) is 4.68 Å². The molecule has 2 N–H and O–H groups in total. The number of nitrogens with zero attached hydrogens (tertiary/aromatic N) is 4. The maximum Gasteiger partial charge on any atom is 0.187 e. The average Bonchev–Trinajstić information content (AvgIpc) is 2.87. The van der Waals surface area contributed by atoms with Gasteiger partial charge in [0.2, 0.25) is 0 Å². The number of benzene rings is 2. The SMILES string of the molecule is Nc1ccc(-c2nnnn2-c2c(Br)cc(Br)cc2Br)cc1. The zero-order valence-electron chi connectivity index (χ0n) is 10.5. The number of rotatable bonds is 2. The highest BCUT2D eigenvalue weighted by atomic mass is 79.9. The van der Waals surface area contributed by atoms with E-state index in [1.165, 1.54) is 0 Å². The monoisotopic (exact) mass is 471 g/mol. The van der Waals surface area contributed by atoms with Crippen molar-refractivity contribution in [1.29, 1.82) is 0 Å². The molecule has 0 atom stereocenters. The van der Waals surface area contributed by atoms with Gasteiger partial charge in [0.05, 0.1) is 5.69 Å². The molecule has 2 aromatic carbocycles. The van der Waals surface area contributed by atoms with Crippen LogP contribution in [0.2, 0.25) is 0 Å². The first-order valence-corrected chi connectivity index (χ1v) is 8.23. The van der Waals surface area contributed by atoms with Crippen molar-refractivity contribution in [2.24, 2.45) is 0 Å². The zero-order chi connectivity index (χ0) is 15.0. The maximum atomic E-state index is 5.72. The molecule has 0 spiro atoms. The van der Waals surface area contributed by atoms with E-state index in [4.69, 9.17) is 5.73 Å². The highest BCUT2D eigenvalue weighted by Gasteiger charge is 2.16. The van der Waals surface area contributed by atoms with Gasteiger partial charge in [0.25, 0.3) is 0 Å². The van der Waals surface area contributed by atoms with Gasteiger partial charge in [0.1, 0.15) is 0 Å². The van der Waals surface area contributed by atoms with E-state index >= 15 is 0 Å². The molecule has 3 aromatic rings. The summed E-state index contributed by atoms with van der Waals surface area (Å²) in [6.07, 6.45) is 0.